The van der Waals surface area contributed by atoms with Gasteiger partial charge in [0.1, 0.15) is 5.82 Å². The van der Waals surface area contributed by atoms with Gasteiger partial charge in [-0.1, -0.05) is 35.9 Å². The number of hydrogen-bond donors (Lipinski definition) is 1. The molecule has 0 spiro atoms. The minimum atomic E-state index is 0.578. The van der Waals surface area contributed by atoms with Gasteiger partial charge in [-0.2, -0.15) is 0 Å². The van der Waals surface area contributed by atoms with Gasteiger partial charge in [-0.25, -0.2) is 4.98 Å². The first-order valence-electron chi connectivity index (χ1n) is 5.15. The van der Waals surface area contributed by atoms with Gasteiger partial charge in [-0.3, -0.25) is 0 Å². The highest BCUT2D eigenvalue weighted by Gasteiger charge is 1.98. The van der Waals surface area contributed by atoms with Crippen molar-refractivity contribution >= 4 is 17.6 Å². The minimum absolute atomic E-state index is 0.578. The number of aromatic nitrogens is 1. The maximum Gasteiger partial charge on any atom is 0.124 e. The molecule has 0 aliphatic carbocycles. The van der Waals surface area contributed by atoms with Crippen LogP contribution in [-0.2, 0) is 5.75 Å². The lowest BCUT2D eigenvalue weighted by Crippen LogP contribution is -1.90. The number of aryl methyl sites for hydroxylation is 1. The second-order valence-corrected chi connectivity index (χ2v) is 4.67. The van der Waals surface area contributed by atoms with Gasteiger partial charge in [0.15, 0.2) is 0 Å². The van der Waals surface area contributed by atoms with Crippen LogP contribution in [0.2, 0.25) is 0 Å². The minimum Gasteiger partial charge on any atom is -0.384 e. The van der Waals surface area contributed by atoms with Gasteiger partial charge >= 0.3 is 0 Å². The molecule has 0 aliphatic rings. The van der Waals surface area contributed by atoms with Crippen LogP contribution in [0.5, 0.6) is 0 Å². The van der Waals surface area contributed by atoms with Crippen LogP contribution in [0.3, 0.4) is 0 Å². The molecule has 0 saturated carbocycles. The molecule has 0 unspecified atom stereocenters. The van der Waals surface area contributed by atoms with E-state index in [-0.39, 0.29) is 0 Å². The fraction of sp³-hybridized carbons (Fsp3) is 0.154. The third-order valence-electron chi connectivity index (χ3n) is 2.21. The predicted molar refractivity (Wildman–Crippen MR) is 69.4 cm³/mol. The largest absolute Gasteiger partial charge is 0.384 e. The summed E-state index contributed by atoms with van der Waals surface area (Å²) in [6.45, 7) is 2.10. The molecule has 0 radical (unpaired) electrons. The Bertz CT molecular complexity index is 437. The summed E-state index contributed by atoms with van der Waals surface area (Å²) in [4.78, 5) is 4.25. The lowest BCUT2D eigenvalue weighted by atomic mass is 10.2. The van der Waals surface area contributed by atoms with Gasteiger partial charge in [0.05, 0.1) is 5.03 Å². The standard InChI is InChI=1S/C13H14N2S/c1-10-4-2-5-11(8-10)9-16-13-7-3-6-12(14)15-13/h2-8H,9H2,1H3,(H2,14,15). The zero-order chi connectivity index (χ0) is 11.4. The number of hydrogen-bond acceptors (Lipinski definition) is 3. The predicted octanol–water partition coefficient (Wildman–Crippen LogP) is 3.26. The molecular formula is C13H14N2S. The van der Waals surface area contributed by atoms with Crippen LogP contribution in [0, 0.1) is 6.92 Å². The summed E-state index contributed by atoms with van der Waals surface area (Å²) in [6, 6.07) is 14.2. The number of nitrogens with two attached hydrogens (primary N) is 1. The van der Waals surface area contributed by atoms with Crippen molar-refractivity contribution in [3.63, 3.8) is 0 Å². The normalized spacial score (nSPS) is 10.3. The number of pyridine rings is 1. The van der Waals surface area contributed by atoms with Crippen molar-refractivity contribution in [3.05, 3.63) is 53.6 Å². The molecule has 2 aromatic rings. The SMILES string of the molecule is Cc1cccc(CSc2cccc(N)n2)c1. The van der Waals surface area contributed by atoms with E-state index in [4.69, 9.17) is 5.73 Å². The average molecular weight is 230 g/mol. The number of thioether (sulfide) groups is 1. The fourth-order valence-corrected chi connectivity index (χ4v) is 2.31. The van der Waals surface area contributed by atoms with E-state index in [2.05, 4.69) is 36.2 Å². The molecule has 1 aromatic heterocycles. The summed E-state index contributed by atoms with van der Waals surface area (Å²) in [7, 11) is 0. The zero-order valence-electron chi connectivity index (χ0n) is 9.18. The van der Waals surface area contributed by atoms with E-state index in [1.165, 1.54) is 11.1 Å². The Morgan fingerprint density at radius 2 is 2.00 bits per heavy atom. The van der Waals surface area contributed by atoms with E-state index in [1.807, 2.05) is 12.1 Å². The number of anilines is 1. The van der Waals surface area contributed by atoms with Crippen molar-refractivity contribution in [2.75, 3.05) is 5.73 Å². The molecule has 2 N–H and O–H groups in total. The lowest BCUT2D eigenvalue weighted by Gasteiger charge is -2.03. The number of rotatable bonds is 3. The molecule has 82 valence electrons. The van der Waals surface area contributed by atoms with E-state index in [1.54, 1.807) is 17.8 Å². The number of nitrogen functional groups attached to an aromatic ring is 1. The maximum atomic E-state index is 5.63. The van der Waals surface area contributed by atoms with E-state index in [9.17, 15) is 0 Å². The van der Waals surface area contributed by atoms with E-state index in [0.717, 1.165) is 10.8 Å². The molecule has 0 aliphatic heterocycles. The van der Waals surface area contributed by atoms with Crippen molar-refractivity contribution in [1.82, 2.24) is 4.98 Å². The molecule has 16 heavy (non-hydrogen) atoms. The summed E-state index contributed by atoms with van der Waals surface area (Å²) in [5.74, 6) is 1.51. The highest BCUT2D eigenvalue weighted by Crippen LogP contribution is 2.21. The molecule has 0 amide bonds. The topological polar surface area (TPSA) is 38.9 Å². The molecule has 0 saturated heterocycles. The fourth-order valence-electron chi connectivity index (χ4n) is 1.47. The van der Waals surface area contributed by atoms with Gasteiger partial charge in [-0.15, -0.1) is 11.8 Å². The summed E-state index contributed by atoms with van der Waals surface area (Å²) in [6.07, 6.45) is 0. The van der Waals surface area contributed by atoms with Gasteiger partial charge in [0, 0.05) is 5.75 Å². The highest BCUT2D eigenvalue weighted by molar-refractivity contribution is 7.98. The molecule has 3 heteroatoms. The monoisotopic (exact) mass is 230 g/mol. The molecule has 2 rings (SSSR count). The molecule has 1 aromatic carbocycles. The summed E-state index contributed by atoms with van der Waals surface area (Å²) in [5.41, 5.74) is 8.23. The maximum absolute atomic E-state index is 5.63. The molecule has 0 atom stereocenters. The Kier molecular flexibility index (Phi) is 3.47. The smallest absolute Gasteiger partial charge is 0.124 e. The average Bonchev–Trinajstić information content (AvgIpc) is 2.27. The number of benzene rings is 1. The Labute approximate surface area is 99.9 Å². The lowest BCUT2D eigenvalue weighted by molar-refractivity contribution is 1.14. The van der Waals surface area contributed by atoms with Gasteiger partial charge in [-0.05, 0) is 24.6 Å². The third-order valence-corrected chi connectivity index (χ3v) is 3.22. The van der Waals surface area contributed by atoms with Crippen molar-refractivity contribution < 1.29 is 0 Å². The van der Waals surface area contributed by atoms with Crippen molar-refractivity contribution in [1.29, 1.82) is 0 Å². The molecule has 1 heterocycles. The summed E-state index contributed by atoms with van der Waals surface area (Å²) in [5, 5.41) is 0.974. The highest BCUT2D eigenvalue weighted by atomic mass is 32.2. The first kappa shape index (κ1) is 11.0. The Hall–Kier alpha value is -1.48. The van der Waals surface area contributed by atoms with Crippen LogP contribution in [0.15, 0.2) is 47.5 Å². The van der Waals surface area contributed by atoms with Crippen LogP contribution in [0.25, 0.3) is 0 Å². The first-order chi connectivity index (χ1) is 7.74. The van der Waals surface area contributed by atoms with E-state index >= 15 is 0 Å². The van der Waals surface area contributed by atoms with Crippen molar-refractivity contribution in [2.24, 2.45) is 0 Å². The van der Waals surface area contributed by atoms with Crippen LogP contribution in [0.1, 0.15) is 11.1 Å². The quantitative estimate of drug-likeness (QED) is 0.822. The molecule has 2 nitrogen and oxygen atoms in total. The van der Waals surface area contributed by atoms with Crippen molar-refractivity contribution in [3.8, 4) is 0 Å². The second-order valence-electron chi connectivity index (χ2n) is 3.68. The second kappa shape index (κ2) is 5.03. The molecule has 0 fully saturated rings. The van der Waals surface area contributed by atoms with Gasteiger partial charge in [0.25, 0.3) is 0 Å². The van der Waals surface area contributed by atoms with Crippen LogP contribution in [-0.4, -0.2) is 4.98 Å². The Balaban J connectivity index is 2.02. The molecular weight excluding hydrogens is 216 g/mol. The Morgan fingerprint density at radius 3 is 2.75 bits per heavy atom. The van der Waals surface area contributed by atoms with E-state index in [0.29, 0.717) is 5.82 Å². The zero-order valence-corrected chi connectivity index (χ0v) is 10.00. The molecule has 0 bridgehead atoms. The summed E-state index contributed by atoms with van der Waals surface area (Å²) < 4.78 is 0. The van der Waals surface area contributed by atoms with Crippen LogP contribution in [0.4, 0.5) is 5.82 Å². The van der Waals surface area contributed by atoms with Gasteiger partial charge < -0.3 is 5.73 Å². The van der Waals surface area contributed by atoms with Crippen LogP contribution >= 0.6 is 11.8 Å². The third kappa shape index (κ3) is 3.00. The van der Waals surface area contributed by atoms with Crippen LogP contribution < -0.4 is 5.73 Å². The van der Waals surface area contributed by atoms with E-state index < -0.39 is 0 Å². The summed E-state index contributed by atoms with van der Waals surface area (Å²) >= 11 is 1.71. The number of nitrogens with zero attached hydrogens (tertiary/aromatic N) is 1. The Morgan fingerprint density at radius 1 is 1.19 bits per heavy atom. The van der Waals surface area contributed by atoms with Gasteiger partial charge in [0.2, 0.25) is 0 Å². The first-order valence-corrected chi connectivity index (χ1v) is 6.13. The van der Waals surface area contributed by atoms with Crippen molar-refractivity contribution in [2.45, 2.75) is 17.7 Å².